The van der Waals surface area contributed by atoms with E-state index in [1.165, 1.54) is 16.2 Å². The van der Waals surface area contributed by atoms with Crippen LogP contribution in [-0.2, 0) is 4.79 Å². The number of thioether (sulfide) groups is 1. The monoisotopic (exact) mass is 349 g/mol. The van der Waals surface area contributed by atoms with E-state index in [0.29, 0.717) is 11.6 Å². The molecular formula is C17H23N3OS2. The molecule has 0 saturated carbocycles. The minimum absolute atomic E-state index is 0.0383. The molecule has 124 valence electrons. The van der Waals surface area contributed by atoms with Crippen molar-refractivity contribution in [1.29, 1.82) is 0 Å². The van der Waals surface area contributed by atoms with Gasteiger partial charge in [-0.3, -0.25) is 4.79 Å². The number of thiazole rings is 1. The number of carbonyl (C=O) groups excluding carboxylic acids is 1. The van der Waals surface area contributed by atoms with Crippen molar-refractivity contribution in [2.24, 2.45) is 5.73 Å². The fourth-order valence-corrected chi connectivity index (χ4v) is 3.33. The van der Waals surface area contributed by atoms with Crippen LogP contribution >= 0.6 is 23.1 Å². The molecule has 1 heterocycles. The Labute approximate surface area is 145 Å². The van der Waals surface area contributed by atoms with Gasteiger partial charge in [0.05, 0.1) is 5.69 Å². The van der Waals surface area contributed by atoms with Crippen LogP contribution in [0.1, 0.15) is 32.1 Å². The summed E-state index contributed by atoms with van der Waals surface area (Å²) in [6.07, 6.45) is 6.68. The highest BCUT2D eigenvalue weighted by Gasteiger charge is 2.08. The molecule has 0 saturated heterocycles. The van der Waals surface area contributed by atoms with Crippen LogP contribution in [0.25, 0.3) is 11.3 Å². The Morgan fingerprint density at radius 2 is 1.96 bits per heavy atom. The predicted molar refractivity (Wildman–Crippen MR) is 100 cm³/mol. The predicted octanol–water partition coefficient (Wildman–Crippen LogP) is 4.38. The molecule has 3 N–H and O–H groups in total. The molecule has 1 amide bonds. The normalized spacial score (nSPS) is 10.7. The number of rotatable bonds is 9. The Morgan fingerprint density at radius 1 is 1.22 bits per heavy atom. The lowest BCUT2D eigenvalue weighted by Gasteiger charge is -2.02. The van der Waals surface area contributed by atoms with Gasteiger partial charge in [-0.15, -0.1) is 23.1 Å². The first-order valence-corrected chi connectivity index (χ1v) is 9.93. The Balaban J connectivity index is 1.83. The Kier molecular flexibility index (Phi) is 7.58. The number of nitrogens with two attached hydrogens (primary N) is 1. The molecule has 0 radical (unpaired) electrons. The van der Waals surface area contributed by atoms with Crippen molar-refractivity contribution in [1.82, 2.24) is 4.98 Å². The summed E-state index contributed by atoms with van der Waals surface area (Å²) in [5.41, 5.74) is 7.43. The Morgan fingerprint density at radius 3 is 2.65 bits per heavy atom. The average Bonchev–Trinajstić information content (AvgIpc) is 3.03. The summed E-state index contributed by atoms with van der Waals surface area (Å²) in [6, 6.07) is 8.28. The molecular weight excluding hydrogens is 326 g/mol. The van der Waals surface area contributed by atoms with Gasteiger partial charge in [0, 0.05) is 22.3 Å². The van der Waals surface area contributed by atoms with Crippen LogP contribution in [0.4, 0.5) is 5.13 Å². The molecule has 1 aromatic carbocycles. The second-order valence-electron chi connectivity index (χ2n) is 5.27. The summed E-state index contributed by atoms with van der Waals surface area (Å²) in [5, 5.41) is 5.53. The lowest BCUT2D eigenvalue weighted by molar-refractivity contribution is -0.116. The van der Waals surface area contributed by atoms with Gasteiger partial charge in [0.15, 0.2) is 5.13 Å². The molecule has 0 bridgehead atoms. The van der Waals surface area contributed by atoms with E-state index in [0.717, 1.165) is 43.5 Å². The van der Waals surface area contributed by atoms with Crippen molar-refractivity contribution in [3.63, 3.8) is 0 Å². The molecule has 6 heteroatoms. The number of unbranched alkanes of at least 4 members (excludes halogenated alkanes) is 3. The van der Waals surface area contributed by atoms with Crippen molar-refractivity contribution < 1.29 is 4.79 Å². The van der Waals surface area contributed by atoms with Gasteiger partial charge in [0.2, 0.25) is 5.91 Å². The molecule has 0 spiro atoms. The van der Waals surface area contributed by atoms with E-state index in [-0.39, 0.29) is 5.91 Å². The number of nitrogens with one attached hydrogen (secondary N) is 1. The van der Waals surface area contributed by atoms with E-state index in [4.69, 9.17) is 5.73 Å². The van der Waals surface area contributed by atoms with Gasteiger partial charge in [0.25, 0.3) is 0 Å². The molecule has 2 rings (SSSR count). The maximum Gasteiger partial charge on any atom is 0.226 e. The van der Waals surface area contributed by atoms with Gasteiger partial charge in [-0.2, -0.15) is 0 Å². The maximum absolute atomic E-state index is 11.9. The fourth-order valence-electron chi connectivity index (χ4n) is 2.19. The third kappa shape index (κ3) is 5.97. The number of anilines is 1. The minimum atomic E-state index is 0.0383. The summed E-state index contributed by atoms with van der Waals surface area (Å²) < 4.78 is 0. The quantitative estimate of drug-likeness (QED) is 0.521. The largest absolute Gasteiger partial charge is 0.330 e. The lowest BCUT2D eigenvalue weighted by Crippen LogP contribution is -2.10. The highest BCUT2D eigenvalue weighted by Crippen LogP contribution is 2.26. The van der Waals surface area contributed by atoms with Crippen LogP contribution in [0, 0.1) is 0 Å². The van der Waals surface area contributed by atoms with Crippen LogP contribution in [0.5, 0.6) is 0 Å². The van der Waals surface area contributed by atoms with Gasteiger partial charge >= 0.3 is 0 Å². The van der Waals surface area contributed by atoms with Crippen LogP contribution < -0.4 is 11.1 Å². The van der Waals surface area contributed by atoms with Crippen LogP contribution in [0.2, 0.25) is 0 Å². The Bertz CT molecular complexity index is 611. The maximum atomic E-state index is 11.9. The van der Waals surface area contributed by atoms with Crippen molar-refractivity contribution in [3.8, 4) is 11.3 Å². The lowest BCUT2D eigenvalue weighted by atomic mass is 10.1. The first kappa shape index (κ1) is 18.0. The van der Waals surface area contributed by atoms with E-state index >= 15 is 0 Å². The van der Waals surface area contributed by atoms with Gasteiger partial charge in [-0.1, -0.05) is 25.0 Å². The highest BCUT2D eigenvalue weighted by atomic mass is 32.2. The topological polar surface area (TPSA) is 68.0 Å². The first-order valence-electron chi connectivity index (χ1n) is 7.83. The number of aromatic nitrogens is 1. The van der Waals surface area contributed by atoms with E-state index in [1.54, 1.807) is 11.8 Å². The van der Waals surface area contributed by atoms with Crippen LogP contribution in [0.3, 0.4) is 0 Å². The molecule has 4 nitrogen and oxygen atoms in total. The number of benzene rings is 1. The summed E-state index contributed by atoms with van der Waals surface area (Å²) >= 11 is 3.18. The number of nitrogens with zero attached hydrogens (tertiary/aromatic N) is 1. The van der Waals surface area contributed by atoms with Crippen LogP contribution in [0.15, 0.2) is 34.5 Å². The van der Waals surface area contributed by atoms with Gasteiger partial charge in [-0.05, 0) is 37.8 Å². The van der Waals surface area contributed by atoms with Crippen LogP contribution in [-0.4, -0.2) is 23.7 Å². The fraction of sp³-hybridized carbons (Fsp3) is 0.412. The molecule has 2 aromatic rings. The molecule has 0 aliphatic carbocycles. The molecule has 0 unspecified atom stereocenters. The van der Waals surface area contributed by atoms with Crippen molar-refractivity contribution >= 4 is 34.1 Å². The summed E-state index contributed by atoms with van der Waals surface area (Å²) in [7, 11) is 0. The summed E-state index contributed by atoms with van der Waals surface area (Å²) in [6.45, 7) is 0.728. The standard InChI is InChI=1S/C17H23N3OS2/c1-22-14-9-7-13(8-10-14)15-12-23-17(19-15)20-16(21)6-4-2-3-5-11-18/h7-10,12H,2-6,11,18H2,1H3,(H,19,20,21). The van der Waals surface area contributed by atoms with Gasteiger partial charge in [-0.25, -0.2) is 4.98 Å². The van der Waals surface area contributed by atoms with Crippen molar-refractivity contribution in [2.75, 3.05) is 18.1 Å². The summed E-state index contributed by atoms with van der Waals surface area (Å²) in [5.74, 6) is 0.0383. The zero-order valence-corrected chi connectivity index (χ0v) is 15.0. The van der Waals surface area contributed by atoms with Gasteiger partial charge < -0.3 is 11.1 Å². The molecule has 0 fully saturated rings. The average molecular weight is 350 g/mol. The smallest absolute Gasteiger partial charge is 0.226 e. The summed E-state index contributed by atoms with van der Waals surface area (Å²) in [4.78, 5) is 17.6. The number of amides is 1. The van der Waals surface area contributed by atoms with E-state index < -0.39 is 0 Å². The number of hydrogen-bond acceptors (Lipinski definition) is 5. The number of carbonyl (C=O) groups is 1. The first-order chi connectivity index (χ1) is 11.2. The molecule has 0 aliphatic heterocycles. The molecule has 1 aromatic heterocycles. The second-order valence-corrected chi connectivity index (χ2v) is 7.01. The van der Waals surface area contributed by atoms with Crippen molar-refractivity contribution in [2.45, 2.75) is 37.0 Å². The van der Waals surface area contributed by atoms with Crippen molar-refractivity contribution in [3.05, 3.63) is 29.6 Å². The molecule has 23 heavy (non-hydrogen) atoms. The highest BCUT2D eigenvalue weighted by molar-refractivity contribution is 7.98. The number of hydrogen-bond donors (Lipinski definition) is 2. The SMILES string of the molecule is CSc1ccc(-c2csc(NC(=O)CCCCCCN)n2)cc1. The Hall–Kier alpha value is -1.37. The van der Waals surface area contributed by atoms with E-state index in [1.807, 2.05) is 5.38 Å². The third-order valence-corrected chi connectivity index (χ3v) is 5.00. The zero-order valence-electron chi connectivity index (χ0n) is 13.4. The molecule has 0 aliphatic rings. The van der Waals surface area contributed by atoms with E-state index in [9.17, 15) is 4.79 Å². The van der Waals surface area contributed by atoms with Gasteiger partial charge in [0.1, 0.15) is 0 Å². The molecule has 0 atom stereocenters. The second kappa shape index (κ2) is 9.70. The minimum Gasteiger partial charge on any atom is -0.330 e. The third-order valence-electron chi connectivity index (χ3n) is 3.49. The zero-order chi connectivity index (χ0) is 16.5. The van der Waals surface area contributed by atoms with E-state index in [2.05, 4.69) is 40.8 Å².